The van der Waals surface area contributed by atoms with E-state index < -0.39 is 10.0 Å². The molecule has 0 N–H and O–H groups in total. The second-order valence-corrected chi connectivity index (χ2v) is 7.84. The number of hydrogen-bond donors (Lipinski definition) is 0. The Morgan fingerprint density at radius 2 is 1.80 bits per heavy atom. The average molecular weight is 365 g/mol. The molecule has 0 amide bonds. The van der Waals surface area contributed by atoms with Gasteiger partial charge in [0.05, 0.1) is 12.8 Å². The third kappa shape index (κ3) is 4.00. The lowest BCUT2D eigenvalue weighted by Gasteiger charge is -2.33. The van der Waals surface area contributed by atoms with Crippen LogP contribution in [0.2, 0.25) is 0 Å². The molecule has 0 unspecified atom stereocenters. The number of ether oxygens (including phenoxy) is 1. The topological polar surface area (TPSA) is 80.6 Å². The van der Waals surface area contributed by atoms with Crippen LogP contribution in [-0.4, -0.2) is 65.4 Å². The molecule has 1 aromatic heterocycles. The van der Waals surface area contributed by atoms with E-state index in [4.69, 9.17) is 4.74 Å². The van der Waals surface area contributed by atoms with Crippen LogP contribution in [0, 0.1) is 0 Å². The van der Waals surface area contributed by atoms with E-state index in [2.05, 4.69) is 27.3 Å². The highest BCUT2D eigenvalue weighted by molar-refractivity contribution is 7.89. The van der Waals surface area contributed by atoms with Gasteiger partial charge in [0.1, 0.15) is 5.75 Å². The van der Waals surface area contributed by atoms with Crippen LogP contribution in [0.15, 0.2) is 35.5 Å². The van der Waals surface area contributed by atoms with Gasteiger partial charge in [-0.15, -0.1) is 5.10 Å². The minimum Gasteiger partial charge on any atom is -0.494 e. The third-order valence-electron chi connectivity index (χ3n) is 4.25. The largest absolute Gasteiger partial charge is 0.494 e. The fourth-order valence-electron chi connectivity index (χ4n) is 2.89. The number of sulfonamides is 1. The normalized spacial score (nSPS) is 16.9. The summed E-state index contributed by atoms with van der Waals surface area (Å²) in [6.07, 6.45) is 1.29. The molecular formula is C16H23N5O3S. The summed E-state index contributed by atoms with van der Waals surface area (Å²) in [6, 6.07) is 8.04. The summed E-state index contributed by atoms with van der Waals surface area (Å²) in [5, 5.41) is 7.50. The van der Waals surface area contributed by atoms with Gasteiger partial charge < -0.3 is 4.74 Å². The Morgan fingerprint density at radius 1 is 1.12 bits per heavy atom. The number of aromatic nitrogens is 3. The molecule has 1 aliphatic heterocycles. The summed E-state index contributed by atoms with van der Waals surface area (Å²) in [5.41, 5.74) is 1.19. The number of hydrogen-bond acceptors (Lipinski definition) is 6. The Balaban J connectivity index is 1.57. The number of aryl methyl sites for hydroxylation is 1. The molecule has 136 valence electrons. The molecule has 1 fully saturated rings. The van der Waals surface area contributed by atoms with Crippen LogP contribution in [0.25, 0.3) is 0 Å². The van der Waals surface area contributed by atoms with Crippen molar-refractivity contribution < 1.29 is 13.2 Å². The van der Waals surface area contributed by atoms with Crippen LogP contribution in [0.1, 0.15) is 12.5 Å². The molecule has 2 aromatic rings. The fraction of sp³-hybridized carbons (Fsp3) is 0.500. The average Bonchev–Trinajstić information content (AvgIpc) is 3.04. The second-order valence-electron chi connectivity index (χ2n) is 5.95. The van der Waals surface area contributed by atoms with E-state index in [9.17, 15) is 8.42 Å². The summed E-state index contributed by atoms with van der Waals surface area (Å²) < 4.78 is 33.5. The Morgan fingerprint density at radius 3 is 2.36 bits per heavy atom. The zero-order valence-corrected chi connectivity index (χ0v) is 15.3. The van der Waals surface area contributed by atoms with Crippen LogP contribution in [0.3, 0.4) is 0 Å². The highest BCUT2D eigenvalue weighted by Gasteiger charge is 2.30. The minimum atomic E-state index is -3.53. The summed E-state index contributed by atoms with van der Waals surface area (Å²) in [7, 11) is -1.94. The molecule has 9 heteroatoms. The van der Waals surface area contributed by atoms with Gasteiger partial charge in [-0.2, -0.15) is 4.31 Å². The predicted octanol–water partition coefficient (Wildman–Crippen LogP) is 0.720. The van der Waals surface area contributed by atoms with Crippen LogP contribution >= 0.6 is 0 Å². The molecule has 0 saturated carbocycles. The van der Waals surface area contributed by atoms with E-state index in [1.165, 1.54) is 20.7 Å². The highest BCUT2D eigenvalue weighted by Crippen LogP contribution is 2.18. The Labute approximate surface area is 148 Å². The molecule has 2 heterocycles. The van der Waals surface area contributed by atoms with Gasteiger partial charge in [0.15, 0.2) is 5.03 Å². The van der Waals surface area contributed by atoms with Gasteiger partial charge in [0.25, 0.3) is 10.0 Å². The lowest BCUT2D eigenvalue weighted by molar-refractivity contribution is 0.181. The maximum absolute atomic E-state index is 12.6. The SMILES string of the molecule is CCOc1ccc(CN2CCN(S(=O)(=O)c3cnnn3C)CC2)cc1. The molecule has 1 aliphatic rings. The van der Waals surface area contributed by atoms with Crippen molar-refractivity contribution in [1.29, 1.82) is 0 Å². The van der Waals surface area contributed by atoms with Gasteiger partial charge in [0.2, 0.25) is 0 Å². The molecule has 8 nitrogen and oxygen atoms in total. The fourth-order valence-corrected chi connectivity index (χ4v) is 4.35. The zero-order valence-electron chi connectivity index (χ0n) is 14.5. The first-order chi connectivity index (χ1) is 12.0. The standard InChI is InChI=1S/C16H23N5O3S/c1-3-24-15-6-4-14(5-7-15)13-20-8-10-21(11-9-20)25(22,23)16-12-17-18-19(16)2/h4-7,12H,3,8-11,13H2,1-2H3. The van der Waals surface area contributed by atoms with Crippen LogP contribution in [-0.2, 0) is 23.6 Å². The van der Waals surface area contributed by atoms with E-state index in [1.54, 1.807) is 7.05 Å². The summed E-state index contributed by atoms with van der Waals surface area (Å²) in [5.74, 6) is 0.868. The minimum absolute atomic E-state index is 0.132. The van der Waals surface area contributed by atoms with Crippen molar-refractivity contribution in [3.63, 3.8) is 0 Å². The number of rotatable bonds is 6. The zero-order chi connectivity index (χ0) is 17.9. The maximum Gasteiger partial charge on any atom is 0.261 e. The Bertz CT molecular complexity index is 795. The quantitative estimate of drug-likeness (QED) is 0.750. The van der Waals surface area contributed by atoms with Gasteiger partial charge in [-0.3, -0.25) is 4.90 Å². The first-order valence-electron chi connectivity index (χ1n) is 8.29. The van der Waals surface area contributed by atoms with Gasteiger partial charge >= 0.3 is 0 Å². The molecule has 3 rings (SSSR count). The lowest BCUT2D eigenvalue weighted by Crippen LogP contribution is -2.48. The van der Waals surface area contributed by atoms with Gasteiger partial charge in [-0.1, -0.05) is 17.3 Å². The van der Waals surface area contributed by atoms with Crippen molar-refractivity contribution in [2.24, 2.45) is 7.05 Å². The summed E-state index contributed by atoms with van der Waals surface area (Å²) in [6.45, 7) is 5.73. The van der Waals surface area contributed by atoms with Gasteiger partial charge in [-0.05, 0) is 24.6 Å². The second kappa shape index (κ2) is 7.51. The van der Waals surface area contributed by atoms with Crippen LogP contribution in [0.4, 0.5) is 0 Å². The van der Waals surface area contributed by atoms with Crippen molar-refractivity contribution in [3.8, 4) is 5.75 Å². The lowest BCUT2D eigenvalue weighted by atomic mass is 10.2. The highest BCUT2D eigenvalue weighted by atomic mass is 32.2. The summed E-state index contributed by atoms with van der Waals surface area (Å²) in [4.78, 5) is 2.25. The molecular weight excluding hydrogens is 342 g/mol. The number of piperazine rings is 1. The molecule has 25 heavy (non-hydrogen) atoms. The van der Waals surface area contributed by atoms with Crippen molar-refractivity contribution in [2.75, 3.05) is 32.8 Å². The van der Waals surface area contributed by atoms with Crippen LogP contribution < -0.4 is 4.74 Å². The molecule has 0 bridgehead atoms. The maximum atomic E-state index is 12.6. The predicted molar refractivity (Wildman–Crippen MR) is 92.6 cm³/mol. The van der Waals surface area contributed by atoms with Gasteiger partial charge in [-0.25, -0.2) is 13.1 Å². The van der Waals surface area contributed by atoms with Crippen LogP contribution in [0.5, 0.6) is 5.75 Å². The van der Waals surface area contributed by atoms with Crippen molar-refractivity contribution in [2.45, 2.75) is 18.5 Å². The third-order valence-corrected chi connectivity index (χ3v) is 6.19. The van der Waals surface area contributed by atoms with Crippen molar-refractivity contribution >= 4 is 10.0 Å². The van der Waals surface area contributed by atoms with Crippen molar-refractivity contribution in [3.05, 3.63) is 36.0 Å². The monoisotopic (exact) mass is 365 g/mol. The molecule has 0 radical (unpaired) electrons. The molecule has 1 aromatic carbocycles. The molecule has 0 aliphatic carbocycles. The van der Waals surface area contributed by atoms with E-state index in [0.29, 0.717) is 32.8 Å². The number of benzene rings is 1. The summed E-state index contributed by atoms with van der Waals surface area (Å²) >= 11 is 0. The smallest absolute Gasteiger partial charge is 0.261 e. The molecule has 0 atom stereocenters. The molecule has 0 spiro atoms. The first-order valence-corrected chi connectivity index (χ1v) is 9.73. The van der Waals surface area contributed by atoms with E-state index in [0.717, 1.165) is 12.3 Å². The number of nitrogens with zero attached hydrogens (tertiary/aromatic N) is 5. The Hall–Kier alpha value is -1.97. The molecule has 1 saturated heterocycles. The first kappa shape index (κ1) is 17.8. The van der Waals surface area contributed by atoms with E-state index in [-0.39, 0.29) is 5.03 Å². The van der Waals surface area contributed by atoms with Gasteiger partial charge in [0, 0.05) is 39.8 Å². The van der Waals surface area contributed by atoms with E-state index >= 15 is 0 Å². The van der Waals surface area contributed by atoms with E-state index in [1.807, 2.05) is 19.1 Å². The Kier molecular flexibility index (Phi) is 5.36. The van der Waals surface area contributed by atoms with Crippen molar-refractivity contribution in [1.82, 2.24) is 24.2 Å².